The van der Waals surface area contributed by atoms with E-state index in [1.807, 2.05) is 11.6 Å². The molecule has 0 spiro atoms. The molecule has 4 heteroatoms. The first-order valence-electron chi connectivity index (χ1n) is 7.53. The van der Waals surface area contributed by atoms with Gasteiger partial charge >= 0.3 is 0 Å². The van der Waals surface area contributed by atoms with Crippen LogP contribution in [0.2, 0.25) is 0 Å². The Labute approximate surface area is 116 Å². The van der Waals surface area contributed by atoms with Gasteiger partial charge in [0.2, 0.25) is 0 Å². The van der Waals surface area contributed by atoms with Crippen LogP contribution in [0.25, 0.3) is 0 Å². The number of aryl methyl sites for hydroxylation is 1. The van der Waals surface area contributed by atoms with Crippen LogP contribution >= 0.6 is 0 Å². The number of nitrogen functional groups attached to an aromatic ring is 1. The fraction of sp³-hybridized carbons (Fsp3) is 0.800. The number of aromatic nitrogens is 2. The predicted molar refractivity (Wildman–Crippen MR) is 81.4 cm³/mol. The number of nitrogens with one attached hydrogen (secondary N) is 1. The van der Waals surface area contributed by atoms with E-state index in [-0.39, 0.29) is 0 Å². The van der Waals surface area contributed by atoms with E-state index in [0.717, 1.165) is 23.1 Å². The number of nitrogens with two attached hydrogens (primary N) is 1. The highest BCUT2D eigenvalue weighted by Gasteiger charge is 2.28. The van der Waals surface area contributed by atoms with Gasteiger partial charge in [-0.3, -0.25) is 0 Å². The van der Waals surface area contributed by atoms with Crippen molar-refractivity contribution in [3.8, 4) is 0 Å². The minimum Gasteiger partial charge on any atom is -0.394 e. The van der Waals surface area contributed by atoms with E-state index < -0.39 is 0 Å². The Morgan fingerprint density at radius 2 is 2.00 bits per heavy atom. The molecule has 1 saturated carbocycles. The molecule has 0 aliphatic heterocycles. The van der Waals surface area contributed by atoms with Crippen molar-refractivity contribution in [2.45, 2.75) is 66.0 Å². The van der Waals surface area contributed by atoms with Crippen LogP contribution in [0.5, 0.6) is 0 Å². The Bertz CT molecular complexity index is 436. The lowest BCUT2D eigenvalue weighted by atomic mass is 9.78. The molecule has 0 radical (unpaired) electrons. The maximum Gasteiger partial charge on any atom is 0.148 e. The summed E-state index contributed by atoms with van der Waals surface area (Å²) in [6.45, 7) is 11.0. The molecule has 3 unspecified atom stereocenters. The molecule has 4 nitrogen and oxygen atoms in total. The Kier molecular flexibility index (Phi) is 4.07. The van der Waals surface area contributed by atoms with Crippen LogP contribution in [0.15, 0.2) is 0 Å². The van der Waals surface area contributed by atoms with Crippen molar-refractivity contribution in [2.75, 3.05) is 11.1 Å². The minimum atomic E-state index is 0.329. The van der Waals surface area contributed by atoms with Crippen molar-refractivity contribution in [3.63, 3.8) is 0 Å². The predicted octanol–water partition coefficient (Wildman–Crippen LogP) is 3.59. The number of hydrogen-bond donors (Lipinski definition) is 2. The number of rotatable bonds is 3. The van der Waals surface area contributed by atoms with Gasteiger partial charge in [-0.05, 0) is 39.0 Å². The molecule has 1 heterocycles. The Morgan fingerprint density at radius 3 is 2.63 bits per heavy atom. The molecule has 1 aliphatic carbocycles. The third-order valence-electron chi connectivity index (χ3n) is 4.65. The first-order chi connectivity index (χ1) is 8.91. The van der Waals surface area contributed by atoms with Crippen LogP contribution < -0.4 is 11.1 Å². The second-order valence-electron chi connectivity index (χ2n) is 6.40. The quantitative estimate of drug-likeness (QED) is 0.877. The molecule has 108 valence electrons. The molecule has 3 N–H and O–H groups in total. The molecule has 19 heavy (non-hydrogen) atoms. The van der Waals surface area contributed by atoms with Crippen LogP contribution in [0.3, 0.4) is 0 Å². The number of anilines is 2. The van der Waals surface area contributed by atoms with E-state index in [1.165, 1.54) is 19.3 Å². The van der Waals surface area contributed by atoms with E-state index >= 15 is 0 Å². The van der Waals surface area contributed by atoms with Gasteiger partial charge in [0, 0.05) is 12.1 Å². The van der Waals surface area contributed by atoms with Gasteiger partial charge in [-0.15, -0.1) is 0 Å². The van der Waals surface area contributed by atoms with E-state index in [0.29, 0.717) is 18.0 Å². The van der Waals surface area contributed by atoms with Crippen molar-refractivity contribution in [3.05, 3.63) is 5.69 Å². The lowest BCUT2D eigenvalue weighted by Gasteiger charge is -2.35. The maximum atomic E-state index is 6.19. The highest BCUT2D eigenvalue weighted by Crippen LogP contribution is 2.34. The molecule has 0 aromatic carbocycles. The molecule has 2 rings (SSSR count). The highest BCUT2D eigenvalue weighted by molar-refractivity contribution is 5.65. The van der Waals surface area contributed by atoms with Gasteiger partial charge in [0.05, 0.1) is 11.4 Å². The lowest BCUT2D eigenvalue weighted by molar-refractivity contribution is 0.252. The Balaban J connectivity index is 2.23. The zero-order valence-corrected chi connectivity index (χ0v) is 12.9. The maximum absolute atomic E-state index is 6.19. The van der Waals surface area contributed by atoms with E-state index in [2.05, 4.69) is 38.1 Å². The van der Waals surface area contributed by atoms with Crippen molar-refractivity contribution in [2.24, 2.45) is 11.8 Å². The van der Waals surface area contributed by atoms with E-state index in [4.69, 9.17) is 5.73 Å². The van der Waals surface area contributed by atoms with Crippen LogP contribution in [-0.4, -0.2) is 15.8 Å². The standard InChI is InChI=1S/C15H28N4/c1-9(2)19-15(14(16)12(5)18-19)17-13-8-6-7-10(3)11(13)4/h9-11,13,17H,6-8,16H2,1-5H3. The van der Waals surface area contributed by atoms with Gasteiger partial charge in [0.15, 0.2) is 0 Å². The van der Waals surface area contributed by atoms with Gasteiger partial charge in [-0.1, -0.05) is 26.7 Å². The van der Waals surface area contributed by atoms with Gasteiger partial charge in [-0.25, -0.2) is 4.68 Å². The molecule has 0 bridgehead atoms. The van der Waals surface area contributed by atoms with Gasteiger partial charge in [0.1, 0.15) is 5.82 Å². The summed E-state index contributed by atoms with van der Waals surface area (Å²) >= 11 is 0. The Hall–Kier alpha value is -1.19. The Morgan fingerprint density at radius 1 is 1.32 bits per heavy atom. The summed E-state index contributed by atoms with van der Waals surface area (Å²) in [5.74, 6) is 2.48. The summed E-state index contributed by atoms with van der Waals surface area (Å²) in [6, 6.07) is 0.842. The lowest BCUT2D eigenvalue weighted by Crippen LogP contribution is -2.36. The van der Waals surface area contributed by atoms with Crippen LogP contribution in [0.1, 0.15) is 58.7 Å². The molecular formula is C15H28N4. The fourth-order valence-corrected chi connectivity index (χ4v) is 3.04. The fourth-order valence-electron chi connectivity index (χ4n) is 3.04. The molecule has 1 aromatic rings. The topological polar surface area (TPSA) is 55.9 Å². The summed E-state index contributed by atoms with van der Waals surface area (Å²) in [5, 5.41) is 8.22. The summed E-state index contributed by atoms with van der Waals surface area (Å²) in [5.41, 5.74) is 7.92. The van der Waals surface area contributed by atoms with Gasteiger partial charge < -0.3 is 11.1 Å². The molecule has 1 aliphatic rings. The van der Waals surface area contributed by atoms with Crippen molar-refractivity contribution < 1.29 is 0 Å². The SMILES string of the molecule is Cc1nn(C(C)C)c(NC2CCCC(C)C2C)c1N. The third kappa shape index (κ3) is 2.72. The average Bonchev–Trinajstić information content (AvgIpc) is 2.63. The van der Waals surface area contributed by atoms with Crippen LogP contribution in [0, 0.1) is 18.8 Å². The molecule has 0 saturated heterocycles. The molecule has 3 atom stereocenters. The smallest absolute Gasteiger partial charge is 0.148 e. The van der Waals surface area contributed by atoms with Gasteiger partial charge in [-0.2, -0.15) is 5.10 Å². The van der Waals surface area contributed by atoms with E-state index in [9.17, 15) is 0 Å². The summed E-state index contributed by atoms with van der Waals surface area (Å²) in [4.78, 5) is 0. The second-order valence-corrected chi connectivity index (χ2v) is 6.40. The van der Waals surface area contributed by atoms with E-state index in [1.54, 1.807) is 0 Å². The molecular weight excluding hydrogens is 236 g/mol. The van der Waals surface area contributed by atoms with Crippen molar-refractivity contribution >= 4 is 11.5 Å². The van der Waals surface area contributed by atoms with Crippen LogP contribution in [0.4, 0.5) is 11.5 Å². The summed E-state index contributed by atoms with van der Waals surface area (Å²) < 4.78 is 2.02. The van der Waals surface area contributed by atoms with Crippen LogP contribution in [-0.2, 0) is 0 Å². The second kappa shape index (κ2) is 5.43. The molecule has 1 fully saturated rings. The number of hydrogen-bond acceptors (Lipinski definition) is 3. The summed E-state index contributed by atoms with van der Waals surface area (Å²) in [7, 11) is 0. The largest absolute Gasteiger partial charge is 0.394 e. The normalized spacial score (nSPS) is 27.8. The first-order valence-corrected chi connectivity index (χ1v) is 7.53. The van der Waals surface area contributed by atoms with Crippen molar-refractivity contribution in [1.29, 1.82) is 0 Å². The zero-order chi connectivity index (χ0) is 14.2. The van der Waals surface area contributed by atoms with Gasteiger partial charge in [0.25, 0.3) is 0 Å². The minimum absolute atomic E-state index is 0.329. The monoisotopic (exact) mass is 264 g/mol. The summed E-state index contributed by atoms with van der Waals surface area (Å²) in [6.07, 6.45) is 3.88. The third-order valence-corrected chi connectivity index (χ3v) is 4.65. The highest BCUT2D eigenvalue weighted by atomic mass is 15.4. The van der Waals surface area contributed by atoms with Crippen molar-refractivity contribution in [1.82, 2.24) is 9.78 Å². The average molecular weight is 264 g/mol. The molecule has 1 aromatic heterocycles. The molecule has 0 amide bonds. The first kappa shape index (κ1) is 14.2. The number of nitrogens with zero attached hydrogens (tertiary/aromatic N) is 2. The zero-order valence-electron chi connectivity index (χ0n) is 12.9.